The second-order valence-electron chi connectivity index (χ2n) is 7.42. The molecule has 1 aromatic carbocycles. The average Bonchev–Trinajstić information content (AvgIpc) is 3.35. The van der Waals surface area contributed by atoms with E-state index >= 15 is 0 Å². The van der Waals surface area contributed by atoms with Gasteiger partial charge in [0.2, 0.25) is 11.7 Å². The lowest BCUT2D eigenvalue weighted by atomic mass is 10.1. The third kappa shape index (κ3) is 4.72. The van der Waals surface area contributed by atoms with E-state index in [4.69, 9.17) is 14.0 Å². The summed E-state index contributed by atoms with van der Waals surface area (Å²) in [5.74, 6) is 0.862. The molecule has 146 valence electrons. The van der Waals surface area contributed by atoms with E-state index in [0.717, 1.165) is 57.6 Å². The van der Waals surface area contributed by atoms with Crippen LogP contribution in [-0.4, -0.2) is 53.6 Å². The molecule has 6 nitrogen and oxygen atoms in total. The van der Waals surface area contributed by atoms with E-state index in [2.05, 4.69) is 15.0 Å². The van der Waals surface area contributed by atoms with Crippen LogP contribution in [0.1, 0.15) is 37.1 Å². The Kier molecular flexibility index (Phi) is 5.80. The zero-order chi connectivity index (χ0) is 18.6. The van der Waals surface area contributed by atoms with E-state index in [-0.39, 0.29) is 11.9 Å². The largest absolute Gasteiger partial charge is 0.376 e. The lowest BCUT2D eigenvalue weighted by Crippen LogP contribution is -2.37. The van der Waals surface area contributed by atoms with Gasteiger partial charge in [0.1, 0.15) is 5.82 Å². The van der Waals surface area contributed by atoms with E-state index in [1.165, 1.54) is 6.07 Å². The van der Waals surface area contributed by atoms with Crippen molar-refractivity contribution in [3.8, 4) is 11.4 Å². The molecule has 2 aromatic rings. The second kappa shape index (κ2) is 8.46. The van der Waals surface area contributed by atoms with Gasteiger partial charge >= 0.3 is 0 Å². The highest BCUT2D eigenvalue weighted by molar-refractivity contribution is 5.55. The molecule has 2 aliphatic rings. The fraction of sp³-hybridized carbons (Fsp3) is 0.600. The summed E-state index contributed by atoms with van der Waals surface area (Å²) in [6.45, 7) is 5.84. The Morgan fingerprint density at radius 3 is 2.85 bits per heavy atom. The highest BCUT2D eigenvalue weighted by Gasteiger charge is 2.24. The molecule has 27 heavy (non-hydrogen) atoms. The van der Waals surface area contributed by atoms with Crippen LogP contribution in [0.15, 0.2) is 22.7 Å². The number of nitrogens with zero attached hydrogens (tertiary/aromatic N) is 3. The molecule has 0 spiro atoms. The van der Waals surface area contributed by atoms with Crippen LogP contribution in [0.4, 0.5) is 4.39 Å². The van der Waals surface area contributed by atoms with Crippen LogP contribution in [-0.2, 0) is 16.0 Å². The topological polar surface area (TPSA) is 60.6 Å². The first-order valence-electron chi connectivity index (χ1n) is 9.72. The van der Waals surface area contributed by atoms with Crippen molar-refractivity contribution >= 4 is 0 Å². The first-order chi connectivity index (χ1) is 13.2. The normalized spacial score (nSPS) is 21.8. The first-order valence-corrected chi connectivity index (χ1v) is 9.72. The molecule has 2 fully saturated rings. The molecule has 4 rings (SSSR count). The van der Waals surface area contributed by atoms with Crippen molar-refractivity contribution in [2.75, 3.05) is 26.3 Å². The maximum absolute atomic E-state index is 13.4. The van der Waals surface area contributed by atoms with Crippen LogP contribution in [0.2, 0.25) is 0 Å². The van der Waals surface area contributed by atoms with Gasteiger partial charge < -0.3 is 14.0 Å². The van der Waals surface area contributed by atoms with E-state index in [1.807, 2.05) is 0 Å². The van der Waals surface area contributed by atoms with Gasteiger partial charge in [-0.3, -0.25) is 4.90 Å². The molecule has 0 aliphatic carbocycles. The van der Waals surface area contributed by atoms with E-state index in [1.54, 1.807) is 19.1 Å². The van der Waals surface area contributed by atoms with Gasteiger partial charge in [0.15, 0.2) is 0 Å². The summed E-state index contributed by atoms with van der Waals surface area (Å²) in [7, 11) is 0. The zero-order valence-electron chi connectivity index (χ0n) is 15.7. The van der Waals surface area contributed by atoms with Crippen LogP contribution >= 0.6 is 0 Å². The Balaban J connectivity index is 1.25. The highest BCUT2D eigenvalue weighted by atomic mass is 19.1. The maximum atomic E-state index is 13.4. The smallest absolute Gasteiger partial charge is 0.241 e. The van der Waals surface area contributed by atoms with E-state index in [0.29, 0.717) is 29.9 Å². The fourth-order valence-electron chi connectivity index (χ4n) is 3.66. The number of rotatable bonds is 6. The Bertz CT molecular complexity index is 753. The van der Waals surface area contributed by atoms with Crippen LogP contribution in [0.25, 0.3) is 11.4 Å². The molecule has 0 bridgehead atoms. The van der Waals surface area contributed by atoms with E-state index in [9.17, 15) is 4.39 Å². The van der Waals surface area contributed by atoms with Gasteiger partial charge in [0.25, 0.3) is 0 Å². The molecular formula is C20H26FN3O3. The molecule has 2 saturated heterocycles. The Hall–Kier alpha value is -1.83. The quantitative estimate of drug-likeness (QED) is 0.772. The van der Waals surface area contributed by atoms with Crippen molar-refractivity contribution in [1.29, 1.82) is 0 Å². The summed E-state index contributed by atoms with van der Waals surface area (Å²) in [6.07, 6.45) is 4.87. The number of piperidine rings is 1. The standard InChI is InChI=1S/C20H26FN3O3/c1-14-11-15(4-5-18(14)21)20-22-19(27-23-20)12-24-8-6-16(7-9-24)26-13-17-3-2-10-25-17/h4-5,11,16-17H,2-3,6-10,12-13H2,1H3. The number of hydrogen-bond acceptors (Lipinski definition) is 6. The van der Waals surface area contributed by atoms with Crippen molar-refractivity contribution < 1.29 is 18.4 Å². The van der Waals surface area contributed by atoms with Gasteiger partial charge in [-0.2, -0.15) is 4.98 Å². The first kappa shape index (κ1) is 18.5. The fourth-order valence-corrected chi connectivity index (χ4v) is 3.66. The molecule has 1 atom stereocenters. The number of aromatic nitrogens is 2. The molecule has 0 radical (unpaired) electrons. The van der Waals surface area contributed by atoms with Gasteiger partial charge in [-0.25, -0.2) is 4.39 Å². The number of benzene rings is 1. The van der Waals surface area contributed by atoms with Gasteiger partial charge in [0.05, 0.1) is 25.4 Å². The number of ether oxygens (including phenoxy) is 2. The average molecular weight is 375 g/mol. The van der Waals surface area contributed by atoms with Crippen molar-refractivity contribution in [3.63, 3.8) is 0 Å². The second-order valence-corrected chi connectivity index (χ2v) is 7.42. The van der Waals surface area contributed by atoms with Crippen molar-refractivity contribution in [2.24, 2.45) is 0 Å². The summed E-state index contributed by atoms with van der Waals surface area (Å²) >= 11 is 0. The van der Waals surface area contributed by atoms with Crippen molar-refractivity contribution in [2.45, 2.75) is 51.4 Å². The summed E-state index contributed by atoms with van der Waals surface area (Å²) in [5, 5.41) is 4.04. The third-order valence-electron chi connectivity index (χ3n) is 5.32. The SMILES string of the molecule is Cc1cc(-c2noc(CN3CCC(OCC4CCCO4)CC3)n2)ccc1F. The van der Waals surface area contributed by atoms with Gasteiger partial charge in [-0.15, -0.1) is 0 Å². The predicted molar refractivity (Wildman–Crippen MR) is 97.7 cm³/mol. The number of hydrogen-bond donors (Lipinski definition) is 0. The van der Waals surface area contributed by atoms with Gasteiger partial charge in [0, 0.05) is 25.3 Å². The molecule has 3 heterocycles. The molecule has 0 amide bonds. The van der Waals surface area contributed by atoms with Gasteiger partial charge in [-0.1, -0.05) is 5.16 Å². The number of aryl methyl sites for hydroxylation is 1. The van der Waals surface area contributed by atoms with Gasteiger partial charge in [-0.05, 0) is 56.4 Å². The summed E-state index contributed by atoms with van der Waals surface area (Å²) in [4.78, 5) is 6.77. The Morgan fingerprint density at radius 2 is 2.11 bits per heavy atom. The number of halogens is 1. The van der Waals surface area contributed by atoms with Crippen molar-refractivity contribution in [3.05, 3.63) is 35.5 Å². The zero-order valence-corrected chi connectivity index (χ0v) is 15.7. The molecule has 7 heteroatoms. The minimum Gasteiger partial charge on any atom is -0.376 e. The van der Waals surface area contributed by atoms with Crippen molar-refractivity contribution in [1.82, 2.24) is 15.0 Å². The monoisotopic (exact) mass is 375 g/mol. The lowest BCUT2D eigenvalue weighted by molar-refractivity contribution is -0.0433. The van der Waals surface area contributed by atoms with Crippen LogP contribution in [0.5, 0.6) is 0 Å². The number of likely N-dealkylation sites (tertiary alicyclic amines) is 1. The summed E-state index contributed by atoms with van der Waals surface area (Å²) in [6, 6.07) is 4.84. The summed E-state index contributed by atoms with van der Waals surface area (Å²) < 4.78 is 30.4. The minimum absolute atomic E-state index is 0.230. The molecule has 1 aromatic heterocycles. The minimum atomic E-state index is -0.230. The molecule has 0 saturated carbocycles. The lowest BCUT2D eigenvalue weighted by Gasteiger charge is -2.31. The summed E-state index contributed by atoms with van der Waals surface area (Å²) in [5.41, 5.74) is 1.34. The Labute approximate surface area is 158 Å². The van der Waals surface area contributed by atoms with Crippen LogP contribution in [0.3, 0.4) is 0 Å². The molecule has 2 aliphatic heterocycles. The molecular weight excluding hydrogens is 349 g/mol. The Morgan fingerprint density at radius 1 is 1.26 bits per heavy atom. The third-order valence-corrected chi connectivity index (χ3v) is 5.32. The predicted octanol–water partition coefficient (Wildman–Crippen LogP) is 3.34. The maximum Gasteiger partial charge on any atom is 0.241 e. The molecule has 1 unspecified atom stereocenters. The molecule has 0 N–H and O–H groups in total. The van der Waals surface area contributed by atoms with E-state index < -0.39 is 0 Å². The highest BCUT2D eigenvalue weighted by Crippen LogP contribution is 2.21. The van der Waals surface area contributed by atoms with Crippen LogP contribution in [0, 0.1) is 12.7 Å². The van der Waals surface area contributed by atoms with Crippen LogP contribution < -0.4 is 0 Å².